The van der Waals surface area contributed by atoms with Gasteiger partial charge in [0.05, 0.1) is 23.8 Å². The molecule has 34 heavy (non-hydrogen) atoms. The Hall–Kier alpha value is -3.49. The number of aryl methyl sites for hydroxylation is 1. The highest BCUT2D eigenvalue weighted by Crippen LogP contribution is 2.41. The quantitative estimate of drug-likeness (QED) is 0.455. The number of methoxy groups -OCH3 is 1. The van der Waals surface area contributed by atoms with Crippen molar-refractivity contribution < 1.29 is 45.0 Å². The summed E-state index contributed by atoms with van der Waals surface area (Å²) in [7, 11) is 1.11. The van der Waals surface area contributed by atoms with E-state index in [0.717, 1.165) is 19.4 Å². The zero-order valence-electron chi connectivity index (χ0n) is 17.1. The molecule has 1 aromatic carbocycles. The molecule has 182 valence electrons. The Kier molecular flexibility index (Phi) is 6.95. The number of hydrogen-bond acceptors (Lipinski definition) is 7. The van der Waals surface area contributed by atoms with Gasteiger partial charge in [-0.1, -0.05) is 5.10 Å². The average molecular weight is 510 g/mol. The molecule has 0 fully saturated rings. The first-order valence-corrected chi connectivity index (χ1v) is 9.87. The van der Waals surface area contributed by atoms with Crippen LogP contribution >= 0.6 is 11.3 Å². The molecule has 0 radical (unpaired) electrons. The minimum atomic E-state index is -5.02. The van der Waals surface area contributed by atoms with Crippen molar-refractivity contribution >= 4 is 22.4 Å². The van der Waals surface area contributed by atoms with Gasteiger partial charge in [0.25, 0.3) is 11.1 Å². The smallest absolute Gasteiger partial charge is 0.422 e. The number of carbonyl (C=O) groups excluding carboxylic acids is 1. The van der Waals surface area contributed by atoms with Gasteiger partial charge in [0.1, 0.15) is 11.6 Å². The highest BCUT2D eigenvalue weighted by molar-refractivity contribution is 7.17. The maximum absolute atomic E-state index is 15.0. The molecule has 15 heteroatoms. The number of benzene rings is 1. The molecule has 7 nitrogen and oxygen atoms in total. The topological polar surface area (TPSA) is 86.2 Å². The minimum Gasteiger partial charge on any atom is -0.496 e. The second-order valence-electron chi connectivity index (χ2n) is 6.60. The van der Waals surface area contributed by atoms with Crippen molar-refractivity contribution in [1.82, 2.24) is 15.2 Å². The summed E-state index contributed by atoms with van der Waals surface area (Å²) < 4.78 is 101. The number of anilines is 1. The lowest BCUT2D eigenvalue weighted by atomic mass is 9.96. The van der Waals surface area contributed by atoms with E-state index >= 15 is 4.39 Å². The Labute approximate surface area is 190 Å². The van der Waals surface area contributed by atoms with E-state index in [1.807, 2.05) is 0 Å². The number of pyridine rings is 1. The normalized spacial score (nSPS) is 11.9. The predicted molar refractivity (Wildman–Crippen MR) is 105 cm³/mol. The molecule has 3 aromatic rings. The number of amides is 1. The molecule has 0 aliphatic rings. The van der Waals surface area contributed by atoms with Crippen molar-refractivity contribution in [3.8, 4) is 22.1 Å². The number of nitrogens with one attached hydrogen (secondary N) is 1. The van der Waals surface area contributed by atoms with Crippen LogP contribution in [-0.2, 0) is 6.18 Å². The number of alkyl halides is 6. The Balaban J connectivity index is 2.00. The van der Waals surface area contributed by atoms with Gasteiger partial charge >= 0.3 is 12.4 Å². The number of carbonyl (C=O) groups is 1. The van der Waals surface area contributed by atoms with Gasteiger partial charge in [0.2, 0.25) is 5.13 Å². The van der Waals surface area contributed by atoms with Gasteiger partial charge < -0.3 is 9.47 Å². The van der Waals surface area contributed by atoms with Crippen molar-refractivity contribution in [2.24, 2.45) is 0 Å². The number of halogens is 7. The Bertz CT molecular complexity index is 1210. The van der Waals surface area contributed by atoms with Crippen molar-refractivity contribution in [2.75, 3.05) is 19.0 Å². The van der Waals surface area contributed by atoms with Crippen LogP contribution in [0.25, 0.3) is 11.1 Å². The fraction of sp³-hybridized carbons (Fsp3) is 0.263. The molecular weight excluding hydrogens is 497 g/mol. The van der Waals surface area contributed by atoms with E-state index in [1.54, 1.807) is 0 Å². The molecule has 1 amide bonds. The molecule has 0 bridgehead atoms. The molecule has 0 atom stereocenters. The summed E-state index contributed by atoms with van der Waals surface area (Å²) in [4.78, 5) is 16.7. The second-order valence-corrected chi connectivity index (χ2v) is 7.54. The third-order valence-electron chi connectivity index (χ3n) is 4.17. The third-order valence-corrected chi connectivity index (χ3v) is 4.92. The number of rotatable bonds is 6. The lowest BCUT2D eigenvalue weighted by Crippen LogP contribution is -2.19. The van der Waals surface area contributed by atoms with Crippen LogP contribution in [0.15, 0.2) is 24.4 Å². The third kappa shape index (κ3) is 5.70. The monoisotopic (exact) mass is 510 g/mol. The van der Waals surface area contributed by atoms with Crippen LogP contribution in [0.5, 0.6) is 10.9 Å². The zero-order chi connectivity index (χ0) is 25.3. The first-order chi connectivity index (χ1) is 15.8. The van der Waals surface area contributed by atoms with Crippen LogP contribution < -0.4 is 14.8 Å². The number of aromatic nitrogens is 3. The van der Waals surface area contributed by atoms with Gasteiger partial charge in [-0.15, -0.1) is 5.10 Å². The average Bonchev–Trinajstić information content (AvgIpc) is 3.17. The van der Waals surface area contributed by atoms with Gasteiger partial charge in [0.15, 0.2) is 6.61 Å². The summed E-state index contributed by atoms with van der Waals surface area (Å²) in [6.45, 7) is -0.158. The maximum atomic E-state index is 15.0. The van der Waals surface area contributed by atoms with Gasteiger partial charge in [-0.2, -0.15) is 26.3 Å². The number of ether oxygens (including phenoxy) is 2. The van der Waals surface area contributed by atoms with Crippen molar-refractivity contribution in [1.29, 1.82) is 0 Å². The largest absolute Gasteiger partial charge is 0.496 e. The highest BCUT2D eigenvalue weighted by atomic mass is 32.1. The standard InChI is InChI=1S/C19H13F7N4O3S/c1-8-5-9(13-12(32-2)4-3-11(14(13)20)19(24,25)26)10(6-27-8)15(31)28-16-29-30-17(34-16)33-7-18(21,22)23/h3-6H,7H2,1-2H3,(H,28,29,31). The summed E-state index contributed by atoms with van der Waals surface area (Å²) in [5.41, 5.74) is -2.55. The summed E-state index contributed by atoms with van der Waals surface area (Å²) in [6.07, 6.45) is -8.64. The lowest BCUT2D eigenvalue weighted by molar-refractivity contribution is -0.153. The Morgan fingerprint density at radius 1 is 1.15 bits per heavy atom. The highest BCUT2D eigenvalue weighted by Gasteiger charge is 2.37. The van der Waals surface area contributed by atoms with Crippen molar-refractivity contribution in [2.45, 2.75) is 19.3 Å². The molecule has 3 rings (SSSR count). The number of hydrogen-bond donors (Lipinski definition) is 1. The van der Waals surface area contributed by atoms with Gasteiger partial charge in [-0.05, 0) is 36.5 Å². The molecule has 2 aromatic heterocycles. The van der Waals surface area contributed by atoms with E-state index < -0.39 is 47.0 Å². The van der Waals surface area contributed by atoms with E-state index in [4.69, 9.17) is 4.74 Å². The van der Waals surface area contributed by atoms with Crippen molar-refractivity contribution in [3.05, 3.63) is 47.0 Å². The van der Waals surface area contributed by atoms with E-state index in [-0.39, 0.29) is 27.7 Å². The molecule has 0 unspecified atom stereocenters. The van der Waals surface area contributed by atoms with Crippen LogP contribution in [0.2, 0.25) is 0 Å². The van der Waals surface area contributed by atoms with Crippen LogP contribution in [0, 0.1) is 12.7 Å². The maximum Gasteiger partial charge on any atom is 0.422 e. The van der Waals surface area contributed by atoms with Gasteiger partial charge in [-0.3, -0.25) is 15.1 Å². The molecule has 2 heterocycles. The molecule has 0 saturated carbocycles. The first-order valence-electron chi connectivity index (χ1n) is 9.05. The second kappa shape index (κ2) is 9.40. The lowest BCUT2D eigenvalue weighted by Gasteiger charge is -2.17. The summed E-state index contributed by atoms with van der Waals surface area (Å²) in [5.74, 6) is -2.92. The van der Waals surface area contributed by atoms with Crippen LogP contribution in [0.1, 0.15) is 21.6 Å². The van der Waals surface area contributed by atoms with E-state index in [1.165, 1.54) is 13.0 Å². The van der Waals surface area contributed by atoms with Gasteiger partial charge in [-0.25, -0.2) is 4.39 Å². The molecule has 0 saturated heterocycles. The molecular formula is C19H13F7N4O3S. The Morgan fingerprint density at radius 3 is 2.47 bits per heavy atom. The summed E-state index contributed by atoms with van der Waals surface area (Å²) >= 11 is 0.474. The minimum absolute atomic E-state index is 0.254. The molecule has 0 aliphatic heterocycles. The molecule has 0 spiro atoms. The van der Waals surface area contributed by atoms with Gasteiger partial charge in [0, 0.05) is 17.5 Å². The predicted octanol–water partition coefficient (Wildman–Crippen LogP) is 5.27. The summed E-state index contributed by atoms with van der Waals surface area (Å²) in [5, 5.41) is 8.30. The molecule has 1 N–H and O–H groups in total. The van der Waals surface area contributed by atoms with E-state index in [2.05, 4.69) is 25.2 Å². The first kappa shape index (κ1) is 25.1. The van der Waals surface area contributed by atoms with Crippen molar-refractivity contribution in [3.63, 3.8) is 0 Å². The fourth-order valence-electron chi connectivity index (χ4n) is 2.77. The number of nitrogens with zero attached hydrogens (tertiary/aromatic N) is 3. The van der Waals surface area contributed by atoms with Crippen LogP contribution in [-0.4, -0.2) is 41.0 Å². The van der Waals surface area contributed by atoms with Crippen LogP contribution in [0.3, 0.4) is 0 Å². The van der Waals surface area contributed by atoms with E-state index in [9.17, 15) is 31.1 Å². The van der Waals surface area contributed by atoms with Crippen LogP contribution in [0.4, 0.5) is 35.9 Å². The molecule has 0 aliphatic carbocycles. The fourth-order valence-corrected chi connectivity index (χ4v) is 3.36. The summed E-state index contributed by atoms with van der Waals surface area (Å²) in [6, 6.07) is 2.61. The van der Waals surface area contributed by atoms with E-state index in [0.29, 0.717) is 17.4 Å². The zero-order valence-corrected chi connectivity index (χ0v) is 18.0. The SMILES string of the molecule is COc1ccc(C(F)(F)F)c(F)c1-c1cc(C)ncc1C(=O)Nc1nnc(OCC(F)(F)F)s1. The Morgan fingerprint density at radius 2 is 1.85 bits per heavy atom.